The highest BCUT2D eigenvalue weighted by Gasteiger charge is 2.20. The van der Waals surface area contributed by atoms with Gasteiger partial charge in [-0.25, -0.2) is 4.79 Å². The molecule has 0 aliphatic heterocycles. The van der Waals surface area contributed by atoms with Crippen LogP contribution in [0.25, 0.3) is 0 Å². The van der Waals surface area contributed by atoms with Crippen LogP contribution in [-0.4, -0.2) is 49.5 Å². The minimum absolute atomic E-state index is 0.0910. The molecule has 0 fully saturated rings. The highest BCUT2D eigenvalue weighted by Crippen LogP contribution is 2.15. The van der Waals surface area contributed by atoms with Crippen molar-refractivity contribution in [2.45, 2.75) is 226 Å². The lowest BCUT2D eigenvalue weighted by molar-refractivity contribution is -0.129. The highest BCUT2D eigenvalue weighted by atomic mass is 16.5. The molecule has 0 saturated carbocycles. The summed E-state index contributed by atoms with van der Waals surface area (Å²) < 4.78 is 5.24. The van der Waals surface area contributed by atoms with E-state index in [9.17, 15) is 19.2 Å². The predicted molar refractivity (Wildman–Crippen MR) is 237 cm³/mol. The average molecular weight is 799 g/mol. The first kappa shape index (κ1) is 51.9. The lowest BCUT2D eigenvalue weighted by Gasteiger charge is -2.19. The second-order valence-corrected chi connectivity index (χ2v) is 16.2. The number of ether oxygens (including phenoxy) is 1. The number of carbonyl (C=O) groups excluding carboxylic acids is 4. The summed E-state index contributed by atoms with van der Waals surface area (Å²) >= 11 is 0. The summed E-state index contributed by atoms with van der Waals surface area (Å²) in [5.74, 6) is -0.278. The number of hydrogen-bond acceptors (Lipinski definition) is 5. The van der Waals surface area contributed by atoms with Crippen molar-refractivity contribution in [2.24, 2.45) is 0 Å². The molecule has 9 heteroatoms. The van der Waals surface area contributed by atoms with Gasteiger partial charge in [-0.3, -0.25) is 14.4 Å². The molecule has 1 aromatic rings. The van der Waals surface area contributed by atoms with E-state index in [0.717, 1.165) is 44.1 Å². The Morgan fingerprint density at radius 1 is 0.474 bits per heavy atom. The van der Waals surface area contributed by atoms with Gasteiger partial charge in [0.05, 0.1) is 0 Å². The van der Waals surface area contributed by atoms with E-state index in [1.165, 1.54) is 135 Å². The van der Waals surface area contributed by atoms with E-state index < -0.39 is 12.1 Å². The molecule has 0 aromatic heterocycles. The molecule has 1 atom stereocenters. The number of nitrogens with one attached hydrogen (secondary N) is 4. The van der Waals surface area contributed by atoms with Crippen molar-refractivity contribution in [3.05, 3.63) is 35.9 Å². The monoisotopic (exact) mass is 799 g/mol. The van der Waals surface area contributed by atoms with Gasteiger partial charge in [-0.2, -0.15) is 0 Å². The normalized spacial score (nSPS) is 11.5. The molecule has 0 unspecified atom stereocenters. The zero-order chi connectivity index (χ0) is 41.3. The third-order valence-electron chi connectivity index (χ3n) is 10.8. The maximum Gasteiger partial charge on any atom is 0.407 e. The summed E-state index contributed by atoms with van der Waals surface area (Å²) in [4.78, 5) is 50.5. The van der Waals surface area contributed by atoms with Crippen molar-refractivity contribution >= 4 is 23.8 Å². The van der Waals surface area contributed by atoms with Crippen molar-refractivity contribution in [1.29, 1.82) is 0 Å². The smallest absolute Gasteiger partial charge is 0.407 e. The quantitative estimate of drug-likeness (QED) is 0.0492. The summed E-state index contributed by atoms with van der Waals surface area (Å²) in [7, 11) is 0. The van der Waals surface area contributed by atoms with Gasteiger partial charge in [0.15, 0.2) is 0 Å². The Hall–Kier alpha value is -3.10. The zero-order valence-electron chi connectivity index (χ0n) is 36.8. The van der Waals surface area contributed by atoms with Crippen LogP contribution in [0.15, 0.2) is 30.3 Å². The first-order valence-corrected chi connectivity index (χ1v) is 23.7. The van der Waals surface area contributed by atoms with Crippen LogP contribution in [0.2, 0.25) is 0 Å². The molecule has 57 heavy (non-hydrogen) atoms. The summed E-state index contributed by atoms with van der Waals surface area (Å²) in [5.41, 5.74) is 0.896. The Labute approximate surface area is 349 Å². The Bertz CT molecular complexity index is 1100. The van der Waals surface area contributed by atoms with Gasteiger partial charge in [0.25, 0.3) is 0 Å². The Morgan fingerprint density at radius 2 is 0.912 bits per heavy atom. The van der Waals surface area contributed by atoms with Crippen molar-refractivity contribution in [2.75, 3.05) is 19.6 Å². The van der Waals surface area contributed by atoms with Crippen LogP contribution >= 0.6 is 0 Å². The topological polar surface area (TPSA) is 126 Å². The van der Waals surface area contributed by atoms with Crippen LogP contribution in [0.4, 0.5) is 4.79 Å². The van der Waals surface area contributed by atoms with E-state index in [-0.39, 0.29) is 37.4 Å². The van der Waals surface area contributed by atoms with Crippen LogP contribution in [0, 0.1) is 0 Å². The van der Waals surface area contributed by atoms with Gasteiger partial charge in [-0.1, -0.05) is 198 Å². The summed E-state index contributed by atoms with van der Waals surface area (Å²) in [5, 5.41) is 11.5. The molecule has 0 heterocycles. The molecule has 1 rings (SSSR count). The summed E-state index contributed by atoms with van der Waals surface area (Å²) in [6, 6.07) is 8.79. The fourth-order valence-corrected chi connectivity index (χ4v) is 7.18. The van der Waals surface area contributed by atoms with Crippen LogP contribution in [0.3, 0.4) is 0 Å². The van der Waals surface area contributed by atoms with E-state index in [1.54, 1.807) is 0 Å². The SMILES string of the molecule is CCCCCCCCCCCCCCCC(=O)NCCCC[C@H](NC(=O)CCCCCCCCCCCCCCC)C(=O)NCCNC(=O)OCc1ccccc1. The lowest BCUT2D eigenvalue weighted by atomic mass is 10.0. The molecule has 0 spiro atoms. The molecule has 4 N–H and O–H groups in total. The van der Waals surface area contributed by atoms with Crippen LogP contribution in [-0.2, 0) is 25.7 Å². The summed E-state index contributed by atoms with van der Waals surface area (Å²) in [6.07, 6.45) is 35.3. The number of amides is 4. The van der Waals surface area contributed by atoms with E-state index in [0.29, 0.717) is 32.2 Å². The van der Waals surface area contributed by atoms with Crippen molar-refractivity contribution < 1.29 is 23.9 Å². The molecule has 9 nitrogen and oxygen atoms in total. The van der Waals surface area contributed by atoms with Gasteiger partial charge < -0.3 is 26.0 Å². The Balaban J connectivity index is 2.29. The first-order chi connectivity index (χ1) is 28.0. The van der Waals surface area contributed by atoms with E-state index in [4.69, 9.17) is 4.74 Å². The fraction of sp³-hybridized carbons (Fsp3) is 0.792. The van der Waals surface area contributed by atoms with Crippen LogP contribution < -0.4 is 21.3 Å². The number of hydrogen-bond donors (Lipinski definition) is 4. The molecule has 0 radical (unpaired) electrons. The largest absolute Gasteiger partial charge is 0.445 e. The molecule has 1 aromatic carbocycles. The second kappa shape index (κ2) is 39.7. The molecule has 328 valence electrons. The van der Waals surface area contributed by atoms with E-state index in [2.05, 4.69) is 35.1 Å². The third-order valence-corrected chi connectivity index (χ3v) is 10.8. The maximum absolute atomic E-state index is 13.2. The number of rotatable bonds is 40. The number of unbranched alkanes of at least 4 members (excludes halogenated alkanes) is 25. The van der Waals surface area contributed by atoms with Gasteiger partial charge in [-0.05, 0) is 37.7 Å². The van der Waals surface area contributed by atoms with Gasteiger partial charge in [0.2, 0.25) is 17.7 Å². The van der Waals surface area contributed by atoms with Crippen molar-refractivity contribution in [1.82, 2.24) is 21.3 Å². The second-order valence-electron chi connectivity index (χ2n) is 16.2. The summed E-state index contributed by atoms with van der Waals surface area (Å²) in [6.45, 7) is 5.69. The first-order valence-electron chi connectivity index (χ1n) is 23.7. The fourth-order valence-electron chi connectivity index (χ4n) is 7.18. The molecule has 0 saturated heterocycles. The predicted octanol–water partition coefficient (Wildman–Crippen LogP) is 11.8. The lowest BCUT2D eigenvalue weighted by Crippen LogP contribution is -2.48. The number of carbonyl (C=O) groups is 4. The third kappa shape index (κ3) is 34.6. The molecule has 0 aliphatic carbocycles. The minimum Gasteiger partial charge on any atom is -0.445 e. The molecule has 4 amide bonds. The van der Waals surface area contributed by atoms with Crippen molar-refractivity contribution in [3.63, 3.8) is 0 Å². The Morgan fingerprint density at radius 3 is 1.40 bits per heavy atom. The van der Waals surface area contributed by atoms with E-state index >= 15 is 0 Å². The number of alkyl carbamates (subject to hydrolysis) is 1. The standard InChI is InChI=1S/C48H86N4O5/c1-3-5-7-9-11-13-15-17-19-21-23-25-30-37-45(53)49-39-33-32-36-44(47(55)50-40-41-51-48(56)57-42-43-34-28-27-29-35-43)52-46(54)38-31-26-24-22-20-18-16-14-12-10-8-6-4-2/h27-29,34-35,44H,3-26,30-33,36-42H2,1-2H3,(H,49,53)(H,50,55)(H,51,56)(H,52,54)/t44-/m0/s1. The molecule has 0 aliphatic rings. The molecular formula is C48H86N4O5. The van der Waals surface area contributed by atoms with Gasteiger partial charge >= 0.3 is 6.09 Å². The number of benzene rings is 1. The molecule has 0 bridgehead atoms. The minimum atomic E-state index is -0.661. The van der Waals surface area contributed by atoms with Gasteiger partial charge in [-0.15, -0.1) is 0 Å². The zero-order valence-corrected chi connectivity index (χ0v) is 36.8. The molecular weight excluding hydrogens is 713 g/mol. The van der Waals surface area contributed by atoms with Crippen LogP contribution in [0.5, 0.6) is 0 Å². The van der Waals surface area contributed by atoms with Gasteiger partial charge in [0.1, 0.15) is 12.6 Å². The van der Waals surface area contributed by atoms with Gasteiger partial charge in [0, 0.05) is 32.5 Å². The highest BCUT2D eigenvalue weighted by molar-refractivity contribution is 5.87. The van der Waals surface area contributed by atoms with Crippen LogP contribution in [0.1, 0.15) is 218 Å². The average Bonchev–Trinajstić information content (AvgIpc) is 3.21. The van der Waals surface area contributed by atoms with E-state index in [1.807, 2.05) is 30.3 Å². The Kier molecular flexibility index (Phi) is 36.2. The van der Waals surface area contributed by atoms with Crippen molar-refractivity contribution in [3.8, 4) is 0 Å². The maximum atomic E-state index is 13.2.